The Bertz CT molecular complexity index is 815. The minimum atomic E-state index is -1.51. The fourth-order valence-corrected chi connectivity index (χ4v) is 5.70. The molecule has 1 aromatic heterocycles. The average Bonchev–Trinajstić information content (AvgIpc) is 3.18. The summed E-state index contributed by atoms with van der Waals surface area (Å²) in [5.41, 5.74) is -2.91. The highest BCUT2D eigenvalue weighted by Crippen LogP contribution is 2.47. The summed E-state index contributed by atoms with van der Waals surface area (Å²) in [7, 11) is 0. The molecule has 0 aromatic carbocycles. The number of nitrogens with zero attached hydrogens (tertiary/aromatic N) is 1. The second-order valence-electron chi connectivity index (χ2n) is 6.94. The molecule has 0 radical (unpaired) electrons. The van der Waals surface area contributed by atoms with Crippen molar-refractivity contribution in [2.75, 3.05) is 25.5 Å². The van der Waals surface area contributed by atoms with Crippen molar-refractivity contribution in [3.63, 3.8) is 0 Å². The third-order valence-corrected chi connectivity index (χ3v) is 7.32. The van der Waals surface area contributed by atoms with E-state index in [4.69, 9.17) is 9.47 Å². The van der Waals surface area contributed by atoms with Crippen LogP contribution in [0.5, 0.6) is 0 Å². The Balaban J connectivity index is 1.75. The summed E-state index contributed by atoms with van der Waals surface area (Å²) in [6, 6.07) is 3.67. The van der Waals surface area contributed by atoms with Crippen LogP contribution in [-0.2, 0) is 35.1 Å². The molecular weight excluding hydrogens is 420 g/mol. The SMILES string of the molecule is CCOC1(NC(=O)Cc2cccs2)C(=O)N2CC(COC(C)=O)(C(=O)O)CS[C@@H]21. The number of ether oxygens (including phenoxy) is 2. The molecule has 3 atom stereocenters. The molecule has 3 heterocycles. The predicted octanol–water partition coefficient (Wildman–Crippen LogP) is 0.689. The van der Waals surface area contributed by atoms with Crippen molar-refractivity contribution >= 4 is 46.9 Å². The number of β-lactam (4-membered cyclic amide) rings is 1. The smallest absolute Gasteiger partial charge is 0.315 e. The number of hydrogen-bond acceptors (Lipinski definition) is 8. The zero-order valence-electron chi connectivity index (χ0n) is 16.0. The molecule has 11 heteroatoms. The number of rotatable bonds is 8. The van der Waals surface area contributed by atoms with Crippen LogP contribution in [0, 0.1) is 5.41 Å². The Hall–Kier alpha value is -2.11. The molecule has 29 heavy (non-hydrogen) atoms. The van der Waals surface area contributed by atoms with Gasteiger partial charge in [0.1, 0.15) is 17.4 Å². The molecule has 2 N–H and O–H groups in total. The van der Waals surface area contributed by atoms with Gasteiger partial charge in [-0.2, -0.15) is 0 Å². The summed E-state index contributed by atoms with van der Waals surface area (Å²) in [4.78, 5) is 50.7. The minimum absolute atomic E-state index is 0.111. The molecule has 0 aliphatic carbocycles. The number of carboxylic acids is 1. The van der Waals surface area contributed by atoms with Crippen LogP contribution in [0.15, 0.2) is 17.5 Å². The van der Waals surface area contributed by atoms with Crippen molar-refractivity contribution in [1.82, 2.24) is 10.2 Å². The molecule has 0 bridgehead atoms. The van der Waals surface area contributed by atoms with Crippen LogP contribution in [0.25, 0.3) is 0 Å². The van der Waals surface area contributed by atoms with Crippen molar-refractivity contribution in [1.29, 1.82) is 0 Å². The van der Waals surface area contributed by atoms with Gasteiger partial charge in [0.25, 0.3) is 11.6 Å². The average molecular weight is 443 g/mol. The number of carbonyl (C=O) groups is 4. The van der Waals surface area contributed by atoms with Gasteiger partial charge in [0.05, 0.1) is 6.42 Å². The monoisotopic (exact) mass is 442 g/mol. The minimum Gasteiger partial charge on any atom is -0.481 e. The van der Waals surface area contributed by atoms with E-state index >= 15 is 0 Å². The van der Waals surface area contributed by atoms with Crippen LogP contribution >= 0.6 is 23.1 Å². The number of fused-ring (bicyclic) bond motifs is 1. The van der Waals surface area contributed by atoms with Crippen molar-refractivity contribution in [2.45, 2.75) is 31.4 Å². The molecule has 2 unspecified atom stereocenters. The number of carbonyl (C=O) groups excluding carboxylic acids is 3. The third kappa shape index (κ3) is 3.99. The van der Waals surface area contributed by atoms with Gasteiger partial charge in [-0.05, 0) is 18.4 Å². The maximum atomic E-state index is 13.0. The number of nitrogens with one attached hydrogen (secondary N) is 1. The highest BCUT2D eigenvalue weighted by Gasteiger charge is 2.68. The molecule has 2 saturated heterocycles. The molecule has 0 spiro atoms. The molecule has 1 aromatic rings. The van der Waals surface area contributed by atoms with Gasteiger partial charge < -0.3 is 24.8 Å². The zero-order chi connectivity index (χ0) is 21.2. The second-order valence-corrected chi connectivity index (χ2v) is 9.04. The summed E-state index contributed by atoms with van der Waals surface area (Å²) >= 11 is 2.64. The molecule has 2 fully saturated rings. The van der Waals surface area contributed by atoms with Crippen LogP contribution in [0.1, 0.15) is 18.7 Å². The quantitative estimate of drug-likeness (QED) is 0.343. The van der Waals surface area contributed by atoms with Gasteiger partial charge in [-0.15, -0.1) is 23.1 Å². The van der Waals surface area contributed by atoms with Crippen molar-refractivity contribution in [2.24, 2.45) is 5.41 Å². The van der Waals surface area contributed by atoms with Crippen LogP contribution < -0.4 is 5.32 Å². The van der Waals surface area contributed by atoms with Crippen molar-refractivity contribution < 1.29 is 33.8 Å². The van der Waals surface area contributed by atoms with E-state index in [1.165, 1.54) is 34.9 Å². The lowest BCUT2D eigenvalue weighted by Crippen LogP contribution is -2.83. The first-order valence-electron chi connectivity index (χ1n) is 9.01. The number of thiophene rings is 1. The first kappa shape index (κ1) is 21.6. The van der Waals surface area contributed by atoms with Gasteiger partial charge in [0.15, 0.2) is 0 Å². The Morgan fingerprint density at radius 3 is 2.76 bits per heavy atom. The Kier molecular flexibility index (Phi) is 6.20. The van der Waals surface area contributed by atoms with Gasteiger partial charge in [0.2, 0.25) is 5.91 Å². The van der Waals surface area contributed by atoms with Gasteiger partial charge in [-0.1, -0.05) is 6.07 Å². The van der Waals surface area contributed by atoms with Gasteiger partial charge in [-0.3, -0.25) is 19.2 Å². The number of thioether (sulfide) groups is 1. The molecule has 2 amide bonds. The lowest BCUT2D eigenvalue weighted by molar-refractivity contribution is -0.207. The highest BCUT2D eigenvalue weighted by atomic mass is 32.2. The fraction of sp³-hybridized carbons (Fsp3) is 0.556. The maximum Gasteiger partial charge on any atom is 0.315 e. The van der Waals surface area contributed by atoms with E-state index in [-0.39, 0.29) is 37.8 Å². The number of aliphatic carboxylic acids is 1. The Morgan fingerprint density at radius 2 is 2.17 bits per heavy atom. The summed E-state index contributed by atoms with van der Waals surface area (Å²) in [5, 5.41) is 13.7. The van der Waals surface area contributed by atoms with E-state index in [0.29, 0.717) is 0 Å². The lowest BCUT2D eigenvalue weighted by Gasteiger charge is -2.59. The van der Waals surface area contributed by atoms with Gasteiger partial charge >= 0.3 is 11.9 Å². The van der Waals surface area contributed by atoms with E-state index in [1.54, 1.807) is 6.92 Å². The summed E-state index contributed by atoms with van der Waals surface area (Å²) in [6.45, 7) is 2.67. The van der Waals surface area contributed by atoms with E-state index < -0.39 is 34.4 Å². The molecule has 2 aliphatic rings. The second kappa shape index (κ2) is 8.33. The van der Waals surface area contributed by atoms with Crippen LogP contribution in [0.2, 0.25) is 0 Å². The molecule has 2 aliphatic heterocycles. The largest absolute Gasteiger partial charge is 0.481 e. The first-order valence-corrected chi connectivity index (χ1v) is 10.9. The topological polar surface area (TPSA) is 122 Å². The van der Waals surface area contributed by atoms with E-state index in [2.05, 4.69) is 5.32 Å². The number of carboxylic acid groups (broad SMARTS) is 1. The van der Waals surface area contributed by atoms with Crippen molar-refractivity contribution in [3.8, 4) is 0 Å². The number of amides is 2. The lowest BCUT2D eigenvalue weighted by atomic mass is 9.87. The standard InChI is InChI=1S/C18H22N2O7S2/c1-3-27-18(19-13(22)7-12-5-4-6-28-12)14(23)20-8-17(16(24)25,9-26-11(2)21)10-29-15(18)20/h4-6,15H,3,7-10H2,1-2H3,(H,19,22)(H,24,25)/t15-,17?,18?/m1/s1. The fourth-order valence-electron chi connectivity index (χ4n) is 3.40. The predicted molar refractivity (Wildman–Crippen MR) is 105 cm³/mol. The van der Waals surface area contributed by atoms with E-state index in [0.717, 1.165) is 4.88 Å². The summed E-state index contributed by atoms with van der Waals surface area (Å²) in [5.74, 6) is -2.46. The van der Waals surface area contributed by atoms with Crippen LogP contribution in [-0.4, -0.2) is 70.4 Å². The number of esters is 1. The van der Waals surface area contributed by atoms with E-state index in [1.807, 2.05) is 17.5 Å². The van der Waals surface area contributed by atoms with Crippen molar-refractivity contribution in [3.05, 3.63) is 22.4 Å². The molecular formula is C18H22N2O7S2. The molecule has 158 valence electrons. The zero-order valence-corrected chi connectivity index (χ0v) is 17.6. The Labute approximate surface area is 175 Å². The van der Waals surface area contributed by atoms with Crippen LogP contribution in [0.3, 0.4) is 0 Å². The van der Waals surface area contributed by atoms with Gasteiger partial charge in [0, 0.05) is 30.7 Å². The maximum absolute atomic E-state index is 13.0. The Morgan fingerprint density at radius 1 is 1.41 bits per heavy atom. The van der Waals surface area contributed by atoms with Crippen LogP contribution in [0.4, 0.5) is 0 Å². The first-order chi connectivity index (χ1) is 13.7. The third-order valence-electron chi connectivity index (χ3n) is 4.82. The number of hydrogen-bond donors (Lipinski definition) is 2. The van der Waals surface area contributed by atoms with E-state index in [9.17, 15) is 24.3 Å². The molecule has 3 rings (SSSR count). The molecule has 9 nitrogen and oxygen atoms in total. The normalized spacial score (nSPS) is 28.3. The van der Waals surface area contributed by atoms with Gasteiger partial charge in [-0.25, -0.2) is 0 Å². The summed E-state index contributed by atoms with van der Waals surface area (Å²) in [6.07, 6.45) is 0.128. The highest BCUT2D eigenvalue weighted by molar-refractivity contribution is 8.00. The molecule has 0 saturated carbocycles. The summed E-state index contributed by atoms with van der Waals surface area (Å²) < 4.78 is 10.6.